The molecule has 0 bridgehead atoms. The molecule has 1 fully saturated rings. The van der Waals surface area contributed by atoms with Crippen molar-refractivity contribution in [2.24, 2.45) is 11.7 Å². The van der Waals surface area contributed by atoms with Crippen molar-refractivity contribution >= 4 is 11.6 Å². The van der Waals surface area contributed by atoms with E-state index in [1.165, 1.54) is 16.7 Å². The SMILES string of the molecule is Cc1cc(C)c(N2CC(CN)CC2=O)c(C)c1. The van der Waals surface area contributed by atoms with Gasteiger partial charge in [-0.15, -0.1) is 0 Å². The number of nitrogens with zero attached hydrogens (tertiary/aromatic N) is 1. The number of hydrogen-bond acceptors (Lipinski definition) is 2. The molecule has 2 N–H and O–H groups in total. The van der Waals surface area contributed by atoms with E-state index in [0.29, 0.717) is 18.9 Å². The number of carbonyl (C=O) groups is 1. The molecular weight excluding hydrogens is 212 g/mol. The van der Waals surface area contributed by atoms with Gasteiger partial charge in [0.1, 0.15) is 0 Å². The number of nitrogens with two attached hydrogens (primary N) is 1. The fraction of sp³-hybridized carbons (Fsp3) is 0.500. The molecule has 2 rings (SSSR count). The Hall–Kier alpha value is -1.35. The van der Waals surface area contributed by atoms with Gasteiger partial charge in [0.2, 0.25) is 5.91 Å². The van der Waals surface area contributed by atoms with Gasteiger partial charge in [-0.05, 0) is 44.4 Å². The third-order valence-corrected chi connectivity index (χ3v) is 3.44. The van der Waals surface area contributed by atoms with Gasteiger partial charge >= 0.3 is 0 Å². The Morgan fingerprint density at radius 1 is 1.29 bits per heavy atom. The van der Waals surface area contributed by atoms with E-state index in [1.807, 2.05) is 4.90 Å². The van der Waals surface area contributed by atoms with Crippen LogP contribution in [0.1, 0.15) is 23.1 Å². The summed E-state index contributed by atoms with van der Waals surface area (Å²) in [6, 6.07) is 4.26. The van der Waals surface area contributed by atoms with Gasteiger partial charge in [0.25, 0.3) is 0 Å². The summed E-state index contributed by atoms with van der Waals surface area (Å²) in [5.41, 5.74) is 10.3. The van der Waals surface area contributed by atoms with Crippen LogP contribution in [0, 0.1) is 26.7 Å². The van der Waals surface area contributed by atoms with Crippen molar-refractivity contribution in [2.75, 3.05) is 18.0 Å². The Morgan fingerprint density at radius 3 is 2.35 bits per heavy atom. The summed E-state index contributed by atoms with van der Waals surface area (Å²) in [6.45, 7) is 7.57. The quantitative estimate of drug-likeness (QED) is 0.846. The van der Waals surface area contributed by atoms with Crippen molar-refractivity contribution in [1.82, 2.24) is 0 Å². The Morgan fingerprint density at radius 2 is 1.88 bits per heavy atom. The topological polar surface area (TPSA) is 46.3 Å². The Labute approximate surface area is 103 Å². The van der Waals surface area contributed by atoms with Crippen molar-refractivity contribution < 1.29 is 4.79 Å². The number of anilines is 1. The average molecular weight is 232 g/mol. The first kappa shape index (κ1) is 12.1. The van der Waals surface area contributed by atoms with Crippen molar-refractivity contribution in [3.8, 4) is 0 Å². The van der Waals surface area contributed by atoms with Crippen LogP contribution in [-0.4, -0.2) is 19.0 Å². The van der Waals surface area contributed by atoms with Crippen LogP contribution >= 0.6 is 0 Å². The lowest BCUT2D eigenvalue weighted by molar-refractivity contribution is -0.117. The molecule has 1 heterocycles. The van der Waals surface area contributed by atoms with E-state index in [4.69, 9.17) is 5.73 Å². The second-order valence-electron chi connectivity index (χ2n) is 5.06. The summed E-state index contributed by atoms with van der Waals surface area (Å²) < 4.78 is 0. The molecule has 1 aromatic carbocycles. The molecule has 1 atom stereocenters. The maximum Gasteiger partial charge on any atom is 0.227 e. The van der Waals surface area contributed by atoms with Crippen LogP contribution in [0.5, 0.6) is 0 Å². The molecule has 1 saturated heterocycles. The lowest BCUT2D eigenvalue weighted by Gasteiger charge is -2.22. The number of amides is 1. The first-order valence-corrected chi connectivity index (χ1v) is 6.11. The summed E-state index contributed by atoms with van der Waals surface area (Å²) >= 11 is 0. The van der Waals surface area contributed by atoms with Crippen LogP contribution in [0.15, 0.2) is 12.1 Å². The van der Waals surface area contributed by atoms with Gasteiger partial charge in [-0.25, -0.2) is 0 Å². The zero-order chi connectivity index (χ0) is 12.6. The summed E-state index contributed by atoms with van der Waals surface area (Å²) in [4.78, 5) is 13.9. The summed E-state index contributed by atoms with van der Waals surface area (Å²) in [5, 5.41) is 0. The van der Waals surface area contributed by atoms with Crippen LogP contribution in [0.25, 0.3) is 0 Å². The molecule has 0 spiro atoms. The molecule has 3 heteroatoms. The highest BCUT2D eigenvalue weighted by molar-refractivity contribution is 5.97. The third kappa shape index (κ3) is 2.20. The predicted octanol–water partition coefficient (Wildman–Crippen LogP) is 1.92. The molecule has 1 unspecified atom stereocenters. The van der Waals surface area contributed by atoms with Gasteiger partial charge in [0.15, 0.2) is 0 Å². The Kier molecular flexibility index (Phi) is 3.20. The summed E-state index contributed by atoms with van der Waals surface area (Å²) in [6.07, 6.45) is 0.587. The monoisotopic (exact) mass is 232 g/mol. The molecule has 1 aliphatic heterocycles. The predicted molar refractivity (Wildman–Crippen MR) is 70.2 cm³/mol. The van der Waals surface area contributed by atoms with Gasteiger partial charge < -0.3 is 10.6 Å². The number of rotatable bonds is 2. The van der Waals surface area contributed by atoms with E-state index in [9.17, 15) is 4.79 Å². The standard InChI is InChI=1S/C14H20N2O/c1-9-4-10(2)14(11(3)5-9)16-8-12(7-15)6-13(16)17/h4-5,12H,6-8,15H2,1-3H3. The van der Waals surface area contributed by atoms with Crippen LogP contribution in [0.4, 0.5) is 5.69 Å². The minimum absolute atomic E-state index is 0.204. The van der Waals surface area contributed by atoms with Crippen molar-refractivity contribution in [3.63, 3.8) is 0 Å². The second kappa shape index (κ2) is 4.49. The van der Waals surface area contributed by atoms with Gasteiger partial charge in [-0.3, -0.25) is 4.79 Å². The van der Waals surface area contributed by atoms with Crippen molar-refractivity contribution in [3.05, 3.63) is 28.8 Å². The Bertz CT molecular complexity index is 431. The van der Waals surface area contributed by atoms with Crippen LogP contribution in [-0.2, 0) is 4.79 Å². The fourth-order valence-corrected chi connectivity index (χ4v) is 2.75. The second-order valence-corrected chi connectivity index (χ2v) is 5.06. The van der Waals surface area contributed by atoms with Gasteiger partial charge in [0, 0.05) is 18.7 Å². The highest BCUT2D eigenvalue weighted by Gasteiger charge is 2.31. The minimum Gasteiger partial charge on any atom is -0.330 e. The van der Waals surface area contributed by atoms with Gasteiger partial charge in [-0.2, -0.15) is 0 Å². The van der Waals surface area contributed by atoms with Crippen molar-refractivity contribution in [1.29, 1.82) is 0 Å². The van der Waals surface area contributed by atoms with E-state index in [2.05, 4.69) is 32.9 Å². The Balaban J connectivity index is 2.38. The molecule has 3 nitrogen and oxygen atoms in total. The van der Waals surface area contributed by atoms with E-state index in [1.54, 1.807) is 0 Å². The third-order valence-electron chi connectivity index (χ3n) is 3.44. The molecular formula is C14H20N2O. The maximum absolute atomic E-state index is 12.0. The zero-order valence-electron chi connectivity index (χ0n) is 10.8. The number of benzene rings is 1. The lowest BCUT2D eigenvalue weighted by Crippen LogP contribution is -2.27. The molecule has 0 radical (unpaired) electrons. The first-order chi connectivity index (χ1) is 8.02. The van der Waals surface area contributed by atoms with E-state index < -0.39 is 0 Å². The molecule has 0 saturated carbocycles. The first-order valence-electron chi connectivity index (χ1n) is 6.11. The van der Waals surface area contributed by atoms with E-state index in [0.717, 1.165) is 12.2 Å². The largest absolute Gasteiger partial charge is 0.330 e. The number of carbonyl (C=O) groups excluding carboxylic acids is 1. The molecule has 17 heavy (non-hydrogen) atoms. The summed E-state index contributed by atoms with van der Waals surface area (Å²) in [7, 11) is 0. The van der Waals surface area contributed by atoms with Gasteiger partial charge in [-0.1, -0.05) is 17.7 Å². The number of aryl methyl sites for hydroxylation is 3. The summed E-state index contributed by atoms with van der Waals surface area (Å²) in [5.74, 6) is 0.512. The van der Waals surface area contributed by atoms with Crippen LogP contribution in [0.2, 0.25) is 0 Å². The highest BCUT2D eigenvalue weighted by Crippen LogP contribution is 2.31. The molecule has 1 aromatic rings. The molecule has 92 valence electrons. The van der Waals surface area contributed by atoms with E-state index >= 15 is 0 Å². The molecule has 0 aromatic heterocycles. The maximum atomic E-state index is 12.0. The number of hydrogen-bond donors (Lipinski definition) is 1. The van der Waals surface area contributed by atoms with Crippen LogP contribution in [0.3, 0.4) is 0 Å². The molecule has 1 aliphatic rings. The average Bonchev–Trinajstić information content (AvgIpc) is 2.59. The zero-order valence-corrected chi connectivity index (χ0v) is 10.8. The van der Waals surface area contributed by atoms with Gasteiger partial charge in [0.05, 0.1) is 0 Å². The minimum atomic E-state index is 0.204. The van der Waals surface area contributed by atoms with Crippen LogP contribution < -0.4 is 10.6 Å². The molecule has 0 aliphatic carbocycles. The smallest absolute Gasteiger partial charge is 0.227 e. The fourth-order valence-electron chi connectivity index (χ4n) is 2.75. The van der Waals surface area contributed by atoms with Crippen molar-refractivity contribution in [2.45, 2.75) is 27.2 Å². The lowest BCUT2D eigenvalue weighted by atomic mass is 10.0. The molecule has 1 amide bonds. The highest BCUT2D eigenvalue weighted by atomic mass is 16.2. The normalized spacial score (nSPS) is 20.1. The van der Waals surface area contributed by atoms with E-state index in [-0.39, 0.29) is 5.91 Å².